The Morgan fingerprint density at radius 2 is 1.93 bits per heavy atom. The zero-order valence-corrected chi connectivity index (χ0v) is 12.6. The van der Waals surface area contributed by atoms with Crippen molar-refractivity contribution >= 4 is 24.0 Å². The molecule has 1 heterocycles. The second kappa shape index (κ2) is 6.43. The Balaban J connectivity index is 0.00000112. The summed E-state index contributed by atoms with van der Waals surface area (Å²) in [5, 5.41) is 0. The van der Waals surface area contributed by atoms with E-state index in [1.54, 1.807) is 0 Å². The standard InChI is InChI=1S/C13H25N.HI/c1-3-12-8-5-9-14(12)13-7-4-6-11(2)10-13;/h11-13H,3-10H2,1-2H3;1H. The molecule has 1 aliphatic carbocycles. The van der Waals surface area contributed by atoms with Gasteiger partial charge in [0.25, 0.3) is 0 Å². The lowest BCUT2D eigenvalue weighted by Gasteiger charge is -2.37. The lowest BCUT2D eigenvalue weighted by atomic mass is 9.86. The van der Waals surface area contributed by atoms with Crippen molar-refractivity contribution in [2.24, 2.45) is 5.92 Å². The summed E-state index contributed by atoms with van der Waals surface area (Å²) < 4.78 is 0. The summed E-state index contributed by atoms with van der Waals surface area (Å²) in [6.45, 7) is 6.17. The number of nitrogens with zero attached hydrogens (tertiary/aromatic N) is 1. The van der Waals surface area contributed by atoms with Crippen LogP contribution in [0.1, 0.15) is 58.8 Å². The van der Waals surface area contributed by atoms with Crippen LogP contribution < -0.4 is 0 Å². The fourth-order valence-electron chi connectivity index (χ4n) is 3.48. The Bertz CT molecular complexity index is 183. The van der Waals surface area contributed by atoms with E-state index in [2.05, 4.69) is 18.7 Å². The van der Waals surface area contributed by atoms with Crippen molar-refractivity contribution in [1.29, 1.82) is 0 Å². The van der Waals surface area contributed by atoms with Gasteiger partial charge in [-0.1, -0.05) is 26.7 Å². The van der Waals surface area contributed by atoms with Crippen LogP contribution in [-0.4, -0.2) is 23.5 Å². The van der Waals surface area contributed by atoms with Gasteiger partial charge in [0, 0.05) is 12.1 Å². The first kappa shape index (κ1) is 13.8. The molecule has 1 nitrogen and oxygen atoms in total. The molecule has 2 heteroatoms. The molecule has 1 saturated heterocycles. The summed E-state index contributed by atoms with van der Waals surface area (Å²) >= 11 is 0. The SMILES string of the molecule is CCC1CCCN1C1CCCC(C)C1.I. The van der Waals surface area contributed by atoms with E-state index in [9.17, 15) is 0 Å². The monoisotopic (exact) mass is 323 g/mol. The molecule has 0 aromatic carbocycles. The Kier molecular flexibility index (Phi) is 5.90. The Hall–Kier alpha value is 0.690. The van der Waals surface area contributed by atoms with Gasteiger partial charge in [-0.25, -0.2) is 0 Å². The van der Waals surface area contributed by atoms with Crippen LogP contribution >= 0.6 is 24.0 Å². The maximum Gasteiger partial charge on any atom is 0.0101 e. The molecule has 0 aromatic rings. The predicted octanol–water partition coefficient (Wildman–Crippen LogP) is 4.06. The van der Waals surface area contributed by atoms with Gasteiger partial charge in [0.1, 0.15) is 0 Å². The summed E-state index contributed by atoms with van der Waals surface area (Å²) in [6, 6.07) is 1.86. The van der Waals surface area contributed by atoms with Crippen molar-refractivity contribution in [3.05, 3.63) is 0 Å². The van der Waals surface area contributed by atoms with Crippen molar-refractivity contribution in [2.75, 3.05) is 6.54 Å². The molecule has 0 radical (unpaired) electrons. The van der Waals surface area contributed by atoms with Crippen LogP contribution in [0, 0.1) is 5.92 Å². The summed E-state index contributed by atoms with van der Waals surface area (Å²) in [6.07, 6.45) is 10.2. The molecule has 2 rings (SSSR count). The molecule has 1 saturated carbocycles. The summed E-state index contributed by atoms with van der Waals surface area (Å²) in [4.78, 5) is 2.83. The van der Waals surface area contributed by atoms with E-state index >= 15 is 0 Å². The molecular weight excluding hydrogens is 297 g/mol. The number of likely N-dealkylation sites (tertiary alicyclic amines) is 1. The van der Waals surface area contributed by atoms with E-state index in [4.69, 9.17) is 0 Å². The maximum absolute atomic E-state index is 2.83. The molecule has 0 amide bonds. The quantitative estimate of drug-likeness (QED) is 0.693. The fraction of sp³-hybridized carbons (Fsp3) is 1.00. The number of rotatable bonds is 2. The highest BCUT2D eigenvalue weighted by Crippen LogP contribution is 2.32. The molecule has 2 fully saturated rings. The number of halogens is 1. The first-order chi connectivity index (χ1) is 6.81. The van der Waals surface area contributed by atoms with E-state index in [1.165, 1.54) is 51.5 Å². The van der Waals surface area contributed by atoms with Gasteiger partial charge in [0.15, 0.2) is 0 Å². The zero-order chi connectivity index (χ0) is 9.97. The van der Waals surface area contributed by atoms with E-state index in [0.29, 0.717) is 0 Å². The van der Waals surface area contributed by atoms with Crippen molar-refractivity contribution < 1.29 is 0 Å². The van der Waals surface area contributed by atoms with Gasteiger partial charge in [-0.05, 0) is 44.6 Å². The van der Waals surface area contributed by atoms with Crippen molar-refractivity contribution in [3.8, 4) is 0 Å². The molecule has 0 bridgehead atoms. The van der Waals surface area contributed by atoms with Crippen LogP contribution in [0.25, 0.3) is 0 Å². The van der Waals surface area contributed by atoms with Gasteiger partial charge in [-0.3, -0.25) is 4.90 Å². The molecule has 15 heavy (non-hydrogen) atoms. The van der Waals surface area contributed by atoms with Crippen molar-refractivity contribution in [2.45, 2.75) is 70.9 Å². The third-order valence-corrected chi connectivity index (χ3v) is 4.27. The van der Waals surface area contributed by atoms with Crippen molar-refractivity contribution in [3.63, 3.8) is 0 Å². The van der Waals surface area contributed by atoms with Crippen LogP contribution in [0.4, 0.5) is 0 Å². The molecule has 0 spiro atoms. The Morgan fingerprint density at radius 3 is 2.60 bits per heavy atom. The van der Waals surface area contributed by atoms with Crippen LogP contribution in [0.5, 0.6) is 0 Å². The van der Waals surface area contributed by atoms with Gasteiger partial charge in [-0.2, -0.15) is 0 Å². The second-order valence-corrected chi connectivity index (χ2v) is 5.37. The summed E-state index contributed by atoms with van der Waals surface area (Å²) in [7, 11) is 0. The Labute approximate surface area is 112 Å². The van der Waals surface area contributed by atoms with Gasteiger partial charge in [-0.15, -0.1) is 24.0 Å². The predicted molar refractivity (Wildman–Crippen MR) is 76.9 cm³/mol. The minimum atomic E-state index is 0. The second-order valence-electron chi connectivity index (χ2n) is 5.37. The highest BCUT2D eigenvalue weighted by molar-refractivity contribution is 14.0. The summed E-state index contributed by atoms with van der Waals surface area (Å²) in [5.41, 5.74) is 0. The van der Waals surface area contributed by atoms with Gasteiger partial charge in [0.05, 0.1) is 0 Å². The minimum Gasteiger partial charge on any atom is -0.297 e. The van der Waals surface area contributed by atoms with Crippen LogP contribution in [0.2, 0.25) is 0 Å². The van der Waals surface area contributed by atoms with Crippen LogP contribution in [-0.2, 0) is 0 Å². The normalized spacial score (nSPS) is 37.6. The van der Waals surface area contributed by atoms with Crippen LogP contribution in [0.15, 0.2) is 0 Å². The first-order valence-electron chi connectivity index (χ1n) is 6.57. The third kappa shape index (κ3) is 3.32. The van der Waals surface area contributed by atoms with Gasteiger partial charge < -0.3 is 0 Å². The Morgan fingerprint density at radius 1 is 1.13 bits per heavy atom. The zero-order valence-electron chi connectivity index (χ0n) is 10.2. The average Bonchev–Trinajstić information content (AvgIpc) is 2.65. The molecule has 0 aromatic heterocycles. The molecule has 2 aliphatic rings. The lowest BCUT2D eigenvalue weighted by molar-refractivity contribution is 0.120. The van der Waals surface area contributed by atoms with E-state index in [-0.39, 0.29) is 24.0 Å². The number of hydrogen-bond donors (Lipinski definition) is 0. The van der Waals surface area contributed by atoms with Crippen LogP contribution in [0.3, 0.4) is 0 Å². The van der Waals surface area contributed by atoms with Crippen molar-refractivity contribution in [1.82, 2.24) is 4.90 Å². The minimum absolute atomic E-state index is 0. The highest BCUT2D eigenvalue weighted by atomic mass is 127. The topological polar surface area (TPSA) is 3.24 Å². The van der Waals surface area contributed by atoms with Gasteiger partial charge >= 0.3 is 0 Å². The van der Waals surface area contributed by atoms with E-state index < -0.39 is 0 Å². The van der Waals surface area contributed by atoms with E-state index in [1.807, 2.05) is 0 Å². The molecule has 1 aliphatic heterocycles. The fourth-order valence-corrected chi connectivity index (χ4v) is 3.48. The number of hydrogen-bond acceptors (Lipinski definition) is 1. The molecule has 90 valence electrons. The molecule has 0 N–H and O–H groups in total. The summed E-state index contributed by atoms with van der Waals surface area (Å²) in [5.74, 6) is 0.979. The average molecular weight is 323 g/mol. The highest BCUT2D eigenvalue weighted by Gasteiger charge is 2.31. The first-order valence-corrected chi connectivity index (χ1v) is 6.57. The largest absolute Gasteiger partial charge is 0.297 e. The smallest absolute Gasteiger partial charge is 0.0101 e. The lowest BCUT2D eigenvalue weighted by Crippen LogP contribution is -2.41. The molecule has 3 atom stereocenters. The third-order valence-electron chi connectivity index (χ3n) is 4.27. The van der Waals surface area contributed by atoms with Gasteiger partial charge in [0.2, 0.25) is 0 Å². The maximum atomic E-state index is 2.83. The molecular formula is C13H26IN. The molecule has 3 unspecified atom stereocenters. The van der Waals surface area contributed by atoms with E-state index in [0.717, 1.165) is 18.0 Å².